The molecule has 0 saturated carbocycles. The average molecular weight is 422 g/mol. The van der Waals surface area contributed by atoms with Crippen LogP contribution < -0.4 is 27.0 Å². The summed E-state index contributed by atoms with van der Waals surface area (Å²) in [6.07, 6.45) is 10.5. The molecule has 28 heavy (non-hydrogen) atoms. The highest BCUT2D eigenvalue weighted by atomic mass is 35.5. The average Bonchev–Trinajstić information content (AvgIpc) is 2.65. The van der Waals surface area contributed by atoms with Crippen LogP contribution in [0.2, 0.25) is 0 Å². The molecule has 8 heteroatoms. The van der Waals surface area contributed by atoms with Crippen molar-refractivity contribution < 1.29 is 9.90 Å². The first-order valence-electron chi connectivity index (χ1n) is 11.0. The molecule has 0 bridgehead atoms. The van der Waals surface area contributed by atoms with Crippen molar-refractivity contribution in [3.63, 3.8) is 0 Å². The van der Waals surface area contributed by atoms with E-state index in [9.17, 15) is 4.79 Å². The fourth-order valence-electron chi connectivity index (χ4n) is 3.51. The molecular weight excluding hydrogens is 378 g/mol. The first kappa shape index (κ1) is 27.6. The lowest BCUT2D eigenvalue weighted by Crippen LogP contribution is -2.56. The van der Waals surface area contributed by atoms with Gasteiger partial charge in [0.25, 0.3) is 0 Å². The highest BCUT2D eigenvalue weighted by Gasteiger charge is 2.23. The second kappa shape index (κ2) is 18.6. The van der Waals surface area contributed by atoms with Crippen LogP contribution in [0.5, 0.6) is 0 Å². The standard InChI is InChI=1S/C20H43N5O2.ClH/c21-20(10-8-6-4-2-1-3-5-7-9-19(26)27)17-24-15-13-22-11-12-23-14-16-25-18-20;/h22-25H,1-18,21H2,(H,26,27);1H. The van der Waals surface area contributed by atoms with Crippen LogP contribution in [0.15, 0.2) is 0 Å². The van der Waals surface area contributed by atoms with Gasteiger partial charge in [-0.2, -0.15) is 0 Å². The smallest absolute Gasteiger partial charge is 0.303 e. The molecule has 0 aromatic rings. The van der Waals surface area contributed by atoms with E-state index in [0.717, 1.165) is 78.0 Å². The first-order valence-corrected chi connectivity index (χ1v) is 11.0. The van der Waals surface area contributed by atoms with Gasteiger partial charge in [-0.25, -0.2) is 0 Å². The van der Waals surface area contributed by atoms with Crippen LogP contribution in [0.3, 0.4) is 0 Å². The third-order valence-electron chi connectivity index (χ3n) is 5.21. The minimum Gasteiger partial charge on any atom is -0.481 e. The van der Waals surface area contributed by atoms with Gasteiger partial charge in [0.15, 0.2) is 0 Å². The maximum atomic E-state index is 10.5. The lowest BCUT2D eigenvalue weighted by Gasteiger charge is -2.30. The number of carboxylic acids is 1. The molecule has 0 unspecified atom stereocenters. The van der Waals surface area contributed by atoms with Gasteiger partial charge in [-0.15, -0.1) is 12.4 Å². The van der Waals surface area contributed by atoms with E-state index < -0.39 is 5.97 Å². The molecule has 1 saturated heterocycles. The van der Waals surface area contributed by atoms with E-state index in [0.29, 0.717) is 6.42 Å². The molecule has 0 radical (unpaired) electrons. The zero-order valence-electron chi connectivity index (χ0n) is 17.6. The van der Waals surface area contributed by atoms with E-state index in [1.165, 1.54) is 32.1 Å². The molecule has 0 aliphatic carbocycles. The van der Waals surface area contributed by atoms with Crippen molar-refractivity contribution in [2.24, 2.45) is 5.73 Å². The summed E-state index contributed by atoms with van der Waals surface area (Å²) in [6.45, 7) is 7.62. The van der Waals surface area contributed by atoms with Crippen molar-refractivity contribution in [3.05, 3.63) is 0 Å². The van der Waals surface area contributed by atoms with Crippen molar-refractivity contribution in [2.45, 2.75) is 69.7 Å². The number of hydrogen-bond acceptors (Lipinski definition) is 6. The molecule has 0 amide bonds. The molecular formula is C20H44ClN5O2. The fourth-order valence-corrected chi connectivity index (χ4v) is 3.51. The molecule has 0 spiro atoms. The largest absolute Gasteiger partial charge is 0.481 e. The number of nitrogens with one attached hydrogen (secondary N) is 4. The summed E-state index contributed by atoms with van der Waals surface area (Å²) < 4.78 is 0. The van der Waals surface area contributed by atoms with Gasteiger partial charge < -0.3 is 32.1 Å². The highest BCUT2D eigenvalue weighted by molar-refractivity contribution is 5.85. The van der Waals surface area contributed by atoms with Crippen LogP contribution in [0.4, 0.5) is 0 Å². The Morgan fingerprint density at radius 3 is 1.57 bits per heavy atom. The Hall–Kier alpha value is -0.440. The van der Waals surface area contributed by atoms with Crippen LogP contribution in [0.1, 0.15) is 64.2 Å². The molecule has 0 atom stereocenters. The topological polar surface area (TPSA) is 111 Å². The summed E-state index contributed by atoms with van der Waals surface area (Å²) >= 11 is 0. The van der Waals surface area contributed by atoms with E-state index in [2.05, 4.69) is 21.3 Å². The van der Waals surface area contributed by atoms with Crippen molar-refractivity contribution in [1.82, 2.24) is 21.3 Å². The number of unbranched alkanes of at least 4 members (excludes halogenated alkanes) is 7. The molecule has 0 aromatic carbocycles. The number of hydrogen-bond donors (Lipinski definition) is 6. The van der Waals surface area contributed by atoms with E-state index in [4.69, 9.17) is 10.8 Å². The molecule has 1 aliphatic heterocycles. The predicted octanol–water partition coefficient (Wildman–Crippen LogP) is 1.46. The van der Waals surface area contributed by atoms with Gasteiger partial charge in [0.1, 0.15) is 0 Å². The van der Waals surface area contributed by atoms with Gasteiger partial charge in [0, 0.05) is 64.3 Å². The Kier molecular flexibility index (Phi) is 18.3. The Bertz CT molecular complexity index is 361. The quantitative estimate of drug-likeness (QED) is 0.280. The highest BCUT2D eigenvalue weighted by Crippen LogP contribution is 2.15. The molecule has 1 heterocycles. The van der Waals surface area contributed by atoms with E-state index in [-0.39, 0.29) is 17.9 Å². The van der Waals surface area contributed by atoms with Crippen LogP contribution >= 0.6 is 12.4 Å². The van der Waals surface area contributed by atoms with Crippen molar-refractivity contribution in [1.29, 1.82) is 0 Å². The molecule has 168 valence electrons. The van der Waals surface area contributed by atoms with Gasteiger partial charge >= 0.3 is 5.97 Å². The second-order valence-electron chi connectivity index (χ2n) is 7.94. The van der Waals surface area contributed by atoms with Gasteiger partial charge in [0.2, 0.25) is 0 Å². The summed E-state index contributed by atoms with van der Waals surface area (Å²) in [5.41, 5.74) is 6.51. The summed E-state index contributed by atoms with van der Waals surface area (Å²) in [4.78, 5) is 10.5. The second-order valence-corrected chi connectivity index (χ2v) is 7.94. The number of rotatable bonds is 11. The Balaban J connectivity index is 0.00000729. The van der Waals surface area contributed by atoms with Crippen molar-refractivity contribution >= 4 is 18.4 Å². The monoisotopic (exact) mass is 421 g/mol. The van der Waals surface area contributed by atoms with E-state index in [1.807, 2.05) is 0 Å². The van der Waals surface area contributed by atoms with Crippen molar-refractivity contribution in [2.75, 3.05) is 52.4 Å². The van der Waals surface area contributed by atoms with E-state index >= 15 is 0 Å². The Morgan fingerprint density at radius 1 is 0.714 bits per heavy atom. The van der Waals surface area contributed by atoms with Gasteiger partial charge in [-0.3, -0.25) is 4.79 Å². The summed E-state index contributed by atoms with van der Waals surface area (Å²) in [5.74, 6) is -0.676. The molecule has 7 N–H and O–H groups in total. The number of carboxylic acid groups (broad SMARTS) is 1. The third-order valence-corrected chi connectivity index (χ3v) is 5.21. The number of halogens is 1. The van der Waals surface area contributed by atoms with Crippen molar-refractivity contribution in [3.8, 4) is 0 Å². The van der Waals surface area contributed by atoms with Gasteiger partial charge in [0.05, 0.1) is 0 Å². The maximum absolute atomic E-state index is 10.5. The molecule has 7 nitrogen and oxygen atoms in total. The molecule has 1 rings (SSSR count). The zero-order chi connectivity index (χ0) is 19.6. The number of aliphatic carboxylic acids is 1. The predicted molar refractivity (Wildman–Crippen MR) is 119 cm³/mol. The summed E-state index contributed by atoms with van der Waals surface area (Å²) in [6, 6.07) is 0. The Labute approximate surface area is 177 Å². The number of nitrogens with two attached hydrogens (primary N) is 1. The Morgan fingerprint density at radius 2 is 1.11 bits per heavy atom. The third kappa shape index (κ3) is 16.5. The minimum atomic E-state index is -0.676. The van der Waals surface area contributed by atoms with E-state index in [1.54, 1.807) is 0 Å². The first-order chi connectivity index (χ1) is 13.1. The maximum Gasteiger partial charge on any atom is 0.303 e. The number of carbonyl (C=O) groups is 1. The lowest BCUT2D eigenvalue weighted by molar-refractivity contribution is -0.137. The normalized spacial score (nSPS) is 18.9. The van der Waals surface area contributed by atoms with Crippen LogP contribution in [0, 0.1) is 0 Å². The SMILES string of the molecule is Cl.NC1(CCCCCCCCCCC(=O)O)CNCCNCCNCCNC1. The summed E-state index contributed by atoms with van der Waals surface area (Å²) in [5, 5.41) is 22.5. The van der Waals surface area contributed by atoms with Gasteiger partial charge in [-0.1, -0.05) is 44.9 Å². The zero-order valence-corrected chi connectivity index (χ0v) is 18.4. The van der Waals surface area contributed by atoms with Crippen LogP contribution in [-0.4, -0.2) is 69.0 Å². The van der Waals surface area contributed by atoms with Gasteiger partial charge in [-0.05, 0) is 12.8 Å². The molecule has 1 fully saturated rings. The lowest BCUT2D eigenvalue weighted by atomic mass is 9.92. The fraction of sp³-hybridized carbons (Fsp3) is 0.950. The minimum absolute atomic E-state index is 0. The van der Waals surface area contributed by atoms with Crippen LogP contribution in [-0.2, 0) is 4.79 Å². The van der Waals surface area contributed by atoms with Crippen LogP contribution in [0.25, 0.3) is 0 Å². The molecule has 1 aliphatic rings. The summed E-state index contributed by atoms with van der Waals surface area (Å²) in [7, 11) is 0. The molecule has 0 aromatic heterocycles.